The molecule has 1 unspecified atom stereocenters. The highest BCUT2D eigenvalue weighted by Gasteiger charge is 2.09. The van der Waals surface area contributed by atoms with Gasteiger partial charge in [0.25, 0.3) is 0 Å². The molecule has 21 heavy (non-hydrogen) atoms. The van der Waals surface area contributed by atoms with E-state index in [1.54, 1.807) is 6.20 Å². The van der Waals surface area contributed by atoms with Crippen molar-refractivity contribution < 1.29 is 9.84 Å². The lowest BCUT2D eigenvalue weighted by molar-refractivity contribution is 0.201. The van der Waals surface area contributed by atoms with E-state index >= 15 is 0 Å². The Bertz CT molecular complexity index is 574. The van der Waals surface area contributed by atoms with E-state index in [0.29, 0.717) is 12.6 Å². The average Bonchev–Trinajstić information content (AvgIpc) is 2.51. The van der Waals surface area contributed by atoms with E-state index in [2.05, 4.69) is 17.2 Å². The standard InChI is InChI=1S/C16H23N3O2/c1-12(4-2-6-17)19-15-11-14(21-9-8-20)10-13-5-3-7-18-16(13)15/h3,5,7,10-12,19-20H,2,4,6,8-9,17H2,1H3. The number of fused-ring (bicyclic) bond motifs is 1. The molecular formula is C16H23N3O2. The lowest BCUT2D eigenvalue weighted by Crippen LogP contribution is -2.17. The molecule has 0 amide bonds. The zero-order chi connectivity index (χ0) is 15.1. The number of benzene rings is 1. The van der Waals surface area contributed by atoms with Crippen molar-refractivity contribution in [3.05, 3.63) is 30.5 Å². The van der Waals surface area contributed by atoms with Crippen molar-refractivity contribution in [2.45, 2.75) is 25.8 Å². The zero-order valence-corrected chi connectivity index (χ0v) is 12.4. The molecule has 0 aliphatic heterocycles. The summed E-state index contributed by atoms with van der Waals surface area (Å²) in [4.78, 5) is 4.44. The predicted octanol–water partition coefficient (Wildman–Crippen LogP) is 2.15. The molecule has 5 nitrogen and oxygen atoms in total. The molecule has 0 spiro atoms. The third-order valence-corrected chi connectivity index (χ3v) is 3.28. The Morgan fingerprint density at radius 2 is 2.29 bits per heavy atom. The molecule has 1 heterocycles. The molecule has 2 rings (SSSR count). The molecule has 0 radical (unpaired) electrons. The van der Waals surface area contributed by atoms with Gasteiger partial charge < -0.3 is 20.9 Å². The van der Waals surface area contributed by atoms with E-state index in [1.165, 1.54) is 0 Å². The van der Waals surface area contributed by atoms with Gasteiger partial charge in [-0.25, -0.2) is 0 Å². The molecule has 0 saturated carbocycles. The third-order valence-electron chi connectivity index (χ3n) is 3.28. The molecule has 0 fully saturated rings. The van der Waals surface area contributed by atoms with Gasteiger partial charge in [0.1, 0.15) is 12.4 Å². The van der Waals surface area contributed by atoms with Crippen LogP contribution >= 0.6 is 0 Å². The molecule has 0 aliphatic carbocycles. The molecule has 1 aromatic heterocycles. The largest absolute Gasteiger partial charge is 0.491 e. The minimum absolute atomic E-state index is 0.000736. The maximum Gasteiger partial charge on any atom is 0.122 e. The summed E-state index contributed by atoms with van der Waals surface area (Å²) in [6, 6.07) is 8.09. The van der Waals surface area contributed by atoms with Crippen molar-refractivity contribution in [2.24, 2.45) is 5.73 Å². The van der Waals surface area contributed by atoms with Crippen LogP contribution in [0.15, 0.2) is 30.5 Å². The summed E-state index contributed by atoms with van der Waals surface area (Å²) in [6.07, 6.45) is 3.78. The quantitative estimate of drug-likeness (QED) is 0.694. The fraction of sp³-hybridized carbons (Fsp3) is 0.438. The number of nitrogens with zero attached hydrogens (tertiary/aromatic N) is 1. The third kappa shape index (κ3) is 4.31. The molecule has 2 aromatic rings. The summed E-state index contributed by atoms with van der Waals surface area (Å²) in [6.45, 7) is 3.12. The van der Waals surface area contributed by atoms with Crippen LogP contribution in [0.1, 0.15) is 19.8 Å². The van der Waals surface area contributed by atoms with Crippen molar-refractivity contribution in [1.29, 1.82) is 0 Å². The number of aliphatic hydroxyl groups excluding tert-OH is 1. The van der Waals surface area contributed by atoms with Gasteiger partial charge in [0, 0.05) is 23.7 Å². The Kier molecular flexibility index (Phi) is 5.78. The maximum atomic E-state index is 8.89. The van der Waals surface area contributed by atoms with E-state index in [0.717, 1.165) is 35.2 Å². The molecule has 0 bridgehead atoms. The average molecular weight is 289 g/mol. The van der Waals surface area contributed by atoms with Gasteiger partial charge >= 0.3 is 0 Å². The Hall–Kier alpha value is -1.85. The van der Waals surface area contributed by atoms with Crippen molar-refractivity contribution in [3.63, 3.8) is 0 Å². The van der Waals surface area contributed by atoms with Gasteiger partial charge in [0.2, 0.25) is 0 Å². The molecule has 4 N–H and O–H groups in total. The van der Waals surface area contributed by atoms with Crippen LogP contribution in [-0.4, -0.2) is 35.9 Å². The Morgan fingerprint density at radius 1 is 1.43 bits per heavy atom. The van der Waals surface area contributed by atoms with E-state index in [1.807, 2.05) is 24.3 Å². The second kappa shape index (κ2) is 7.81. The number of pyridine rings is 1. The minimum atomic E-state index is 0.000736. The number of nitrogens with one attached hydrogen (secondary N) is 1. The topological polar surface area (TPSA) is 80.4 Å². The van der Waals surface area contributed by atoms with Gasteiger partial charge in [0.15, 0.2) is 0 Å². The van der Waals surface area contributed by atoms with E-state index < -0.39 is 0 Å². The van der Waals surface area contributed by atoms with Gasteiger partial charge in [-0.2, -0.15) is 0 Å². The van der Waals surface area contributed by atoms with Gasteiger partial charge in [0.05, 0.1) is 17.8 Å². The van der Waals surface area contributed by atoms with Crippen molar-refractivity contribution >= 4 is 16.6 Å². The Balaban J connectivity index is 2.26. The van der Waals surface area contributed by atoms with Gasteiger partial charge in [-0.05, 0) is 38.4 Å². The Labute approximate surface area is 125 Å². The van der Waals surface area contributed by atoms with Crippen LogP contribution < -0.4 is 15.8 Å². The second-order valence-corrected chi connectivity index (χ2v) is 5.09. The first-order chi connectivity index (χ1) is 10.2. The lowest BCUT2D eigenvalue weighted by atomic mass is 10.1. The highest BCUT2D eigenvalue weighted by atomic mass is 16.5. The van der Waals surface area contributed by atoms with Crippen LogP contribution in [0.4, 0.5) is 5.69 Å². The number of aliphatic hydroxyl groups is 1. The lowest BCUT2D eigenvalue weighted by Gasteiger charge is -2.17. The van der Waals surface area contributed by atoms with E-state index in [4.69, 9.17) is 15.6 Å². The molecule has 0 saturated heterocycles. The van der Waals surface area contributed by atoms with Gasteiger partial charge in [-0.15, -0.1) is 0 Å². The molecule has 114 valence electrons. The van der Waals surface area contributed by atoms with E-state index in [9.17, 15) is 0 Å². The second-order valence-electron chi connectivity index (χ2n) is 5.09. The van der Waals surface area contributed by atoms with Crippen molar-refractivity contribution in [1.82, 2.24) is 4.98 Å². The smallest absolute Gasteiger partial charge is 0.122 e. The summed E-state index contributed by atoms with van der Waals surface area (Å²) >= 11 is 0. The Morgan fingerprint density at radius 3 is 3.05 bits per heavy atom. The molecule has 5 heteroatoms. The van der Waals surface area contributed by atoms with Crippen LogP contribution in [0.5, 0.6) is 5.75 Å². The summed E-state index contributed by atoms with van der Waals surface area (Å²) in [5, 5.41) is 13.4. The monoisotopic (exact) mass is 289 g/mol. The first-order valence-corrected chi connectivity index (χ1v) is 7.33. The fourth-order valence-corrected chi connectivity index (χ4v) is 2.28. The first-order valence-electron chi connectivity index (χ1n) is 7.33. The van der Waals surface area contributed by atoms with Crippen molar-refractivity contribution in [3.8, 4) is 5.75 Å². The summed E-state index contributed by atoms with van der Waals surface area (Å²) < 4.78 is 5.53. The van der Waals surface area contributed by atoms with Gasteiger partial charge in [-0.3, -0.25) is 4.98 Å². The molecule has 1 atom stereocenters. The number of hydrogen-bond acceptors (Lipinski definition) is 5. The first kappa shape index (κ1) is 15.5. The predicted molar refractivity (Wildman–Crippen MR) is 85.7 cm³/mol. The van der Waals surface area contributed by atoms with E-state index in [-0.39, 0.29) is 13.2 Å². The van der Waals surface area contributed by atoms with Gasteiger partial charge in [-0.1, -0.05) is 6.07 Å². The van der Waals surface area contributed by atoms with Crippen LogP contribution in [0.25, 0.3) is 10.9 Å². The number of hydrogen-bond donors (Lipinski definition) is 3. The van der Waals surface area contributed by atoms with Crippen LogP contribution in [0.3, 0.4) is 0 Å². The van der Waals surface area contributed by atoms with Crippen molar-refractivity contribution in [2.75, 3.05) is 25.1 Å². The van der Waals surface area contributed by atoms with Crippen LogP contribution in [0, 0.1) is 0 Å². The molecule has 1 aromatic carbocycles. The maximum absolute atomic E-state index is 8.89. The number of anilines is 1. The molecular weight excluding hydrogens is 266 g/mol. The fourth-order valence-electron chi connectivity index (χ4n) is 2.28. The summed E-state index contributed by atoms with van der Waals surface area (Å²) in [5.41, 5.74) is 7.43. The number of rotatable bonds is 8. The SMILES string of the molecule is CC(CCCN)Nc1cc(OCCO)cc2cccnc12. The van der Waals surface area contributed by atoms with Crippen LogP contribution in [-0.2, 0) is 0 Å². The zero-order valence-electron chi connectivity index (χ0n) is 12.4. The summed E-state index contributed by atoms with van der Waals surface area (Å²) in [7, 11) is 0. The minimum Gasteiger partial charge on any atom is -0.491 e. The summed E-state index contributed by atoms with van der Waals surface area (Å²) in [5.74, 6) is 0.734. The normalized spacial score (nSPS) is 12.3. The molecule has 0 aliphatic rings. The highest BCUT2D eigenvalue weighted by molar-refractivity contribution is 5.91. The van der Waals surface area contributed by atoms with Crippen LogP contribution in [0.2, 0.25) is 0 Å². The number of nitrogens with two attached hydrogens (primary N) is 1. The number of ether oxygens (including phenoxy) is 1. The number of aromatic nitrogens is 1. The highest BCUT2D eigenvalue weighted by Crippen LogP contribution is 2.28.